The van der Waals surface area contributed by atoms with E-state index in [9.17, 15) is 5.11 Å². The van der Waals surface area contributed by atoms with Crippen LogP contribution in [0.1, 0.15) is 37.4 Å². The van der Waals surface area contributed by atoms with E-state index in [-0.39, 0.29) is 36.0 Å². The second kappa shape index (κ2) is 10.4. The maximum absolute atomic E-state index is 9.31. The van der Waals surface area contributed by atoms with E-state index in [4.69, 9.17) is 0 Å². The van der Waals surface area contributed by atoms with Crippen LogP contribution in [-0.4, -0.2) is 36.8 Å². The van der Waals surface area contributed by atoms with Gasteiger partial charge in [0.2, 0.25) is 0 Å². The monoisotopic (exact) mass is 439 g/mol. The topological polar surface area (TPSA) is 56.7 Å². The fraction of sp³-hybridized carbons (Fsp3) is 0.688. The second-order valence-corrected chi connectivity index (χ2v) is 7.65. The van der Waals surface area contributed by atoms with Crippen molar-refractivity contribution < 1.29 is 5.11 Å². The molecule has 1 atom stereocenters. The Balaban J connectivity index is 0.00000441. The number of thiophene rings is 1. The summed E-state index contributed by atoms with van der Waals surface area (Å²) in [5.74, 6) is 0.819. The van der Waals surface area contributed by atoms with Gasteiger partial charge < -0.3 is 15.7 Å². The molecule has 128 valence electrons. The second-order valence-electron chi connectivity index (χ2n) is 6.28. The van der Waals surface area contributed by atoms with Crippen LogP contribution in [0.15, 0.2) is 17.1 Å². The summed E-state index contributed by atoms with van der Waals surface area (Å²) in [6, 6.07) is 4.67. The van der Waals surface area contributed by atoms with Crippen molar-refractivity contribution in [3.8, 4) is 0 Å². The van der Waals surface area contributed by atoms with Crippen LogP contribution in [0.2, 0.25) is 0 Å². The quantitative estimate of drug-likeness (QED) is 0.348. The van der Waals surface area contributed by atoms with Gasteiger partial charge in [-0.05, 0) is 32.9 Å². The largest absolute Gasteiger partial charge is 0.396 e. The zero-order chi connectivity index (χ0) is 15.9. The number of halogens is 1. The molecule has 1 aromatic rings. The summed E-state index contributed by atoms with van der Waals surface area (Å²) in [5.41, 5.74) is -0.184. The number of nitrogens with one attached hydrogen (secondary N) is 2. The standard InChI is InChI=1S/C16H29N3OS.HI/c1-6-17-15(18-10-16(4,5)11-20)19-12(2)9-14-8-7-13(3)21-14;/h7-8,12,20H,6,9-11H2,1-5H3,(H2,17,18,19);1H. The minimum absolute atomic E-state index is 0. The van der Waals surface area contributed by atoms with E-state index < -0.39 is 0 Å². The third-order valence-corrected chi connectivity index (χ3v) is 4.15. The number of nitrogens with zero attached hydrogens (tertiary/aromatic N) is 1. The SMILES string of the molecule is CCNC(=NCC(C)(C)CO)NC(C)Cc1ccc(C)s1.I. The molecular weight excluding hydrogens is 409 g/mol. The molecule has 0 aliphatic carbocycles. The molecular formula is C16H30IN3OS. The summed E-state index contributed by atoms with van der Waals surface area (Å²) in [7, 11) is 0. The molecule has 3 N–H and O–H groups in total. The lowest BCUT2D eigenvalue weighted by Gasteiger charge is -2.21. The normalized spacial score (nSPS) is 13.5. The summed E-state index contributed by atoms with van der Waals surface area (Å²) in [6.45, 7) is 11.9. The number of aryl methyl sites for hydroxylation is 1. The summed E-state index contributed by atoms with van der Waals surface area (Å²) < 4.78 is 0. The van der Waals surface area contributed by atoms with Gasteiger partial charge in [-0.3, -0.25) is 4.99 Å². The van der Waals surface area contributed by atoms with Crippen LogP contribution >= 0.6 is 35.3 Å². The van der Waals surface area contributed by atoms with Crippen molar-refractivity contribution in [1.82, 2.24) is 10.6 Å². The Morgan fingerprint density at radius 1 is 1.41 bits per heavy atom. The number of hydrogen-bond donors (Lipinski definition) is 3. The summed E-state index contributed by atoms with van der Waals surface area (Å²) in [5, 5.41) is 16.0. The highest BCUT2D eigenvalue weighted by Crippen LogP contribution is 2.17. The Kier molecular flexibility index (Phi) is 10.3. The minimum Gasteiger partial charge on any atom is -0.396 e. The number of aliphatic hydroxyl groups excluding tert-OH is 1. The van der Waals surface area contributed by atoms with E-state index >= 15 is 0 Å². The maximum atomic E-state index is 9.31. The summed E-state index contributed by atoms with van der Waals surface area (Å²) >= 11 is 1.84. The van der Waals surface area contributed by atoms with E-state index in [1.54, 1.807) is 0 Å². The van der Waals surface area contributed by atoms with Gasteiger partial charge in [-0.25, -0.2) is 0 Å². The van der Waals surface area contributed by atoms with Gasteiger partial charge in [0.25, 0.3) is 0 Å². The number of aliphatic hydroxyl groups is 1. The molecule has 0 saturated heterocycles. The fourth-order valence-electron chi connectivity index (χ4n) is 1.84. The van der Waals surface area contributed by atoms with Gasteiger partial charge >= 0.3 is 0 Å². The third kappa shape index (κ3) is 8.33. The van der Waals surface area contributed by atoms with Crippen molar-refractivity contribution in [2.24, 2.45) is 10.4 Å². The van der Waals surface area contributed by atoms with Gasteiger partial charge in [-0.15, -0.1) is 35.3 Å². The number of rotatable bonds is 7. The van der Waals surface area contributed by atoms with Crippen LogP contribution in [-0.2, 0) is 6.42 Å². The van der Waals surface area contributed by atoms with Gasteiger partial charge in [0.05, 0.1) is 6.54 Å². The smallest absolute Gasteiger partial charge is 0.191 e. The average Bonchev–Trinajstić information content (AvgIpc) is 2.81. The number of guanidine groups is 1. The lowest BCUT2D eigenvalue weighted by Crippen LogP contribution is -2.43. The van der Waals surface area contributed by atoms with Gasteiger partial charge in [0.15, 0.2) is 5.96 Å². The molecule has 1 rings (SSSR count). The van der Waals surface area contributed by atoms with Crippen LogP contribution in [0.25, 0.3) is 0 Å². The van der Waals surface area contributed by atoms with Crippen LogP contribution < -0.4 is 10.6 Å². The van der Waals surface area contributed by atoms with Crippen LogP contribution in [0, 0.1) is 12.3 Å². The average molecular weight is 439 g/mol. The van der Waals surface area contributed by atoms with E-state index in [2.05, 4.69) is 48.5 Å². The zero-order valence-corrected chi connectivity index (χ0v) is 17.4. The molecule has 4 nitrogen and oxygen atoms in total. The Bertz CT molecular complexity index is 460. The molecule has 6 heteroatoms. The van der Waals surface area contributed by atoms with Crippen molar-refractivity contribution in [1.29, 1.82) is 0 Å². The van der Waals surface area contributed by atoms with Gasteiger partial charge in [-0.1, -0.05) is 13.8 Å². The molecule has 0 radical (unpaired) electrons. The van der Waals surface area contributed by atoms with E-state index in [0.717, 1.165) is 18.9 Å². The molecule has 1 heterocycles. The van der Waals surface area contributed by atoms with Crippen molar-refractivity contribution in [3.63, 3.8) is 0 Å². The molecule has 1 aromatic heterocycles. The van der Waals surface area contributed by atoms with Crippen molar-refractivity contribution in [3.05, 3.63) is 21.9 Å². The lowest BCUT2D eigenvalue weighted by atomic mass is 9.95. The van der Waals surface area contributed by atoms with E-state index in [1.807, 2.05) is 25.2 Å². The van der Waals surface area contributed by atoms with Crippen molar-refractivity contribution in [2.45, 2.75) is 47.1 Å². The molecule has 0 amide bonds. The first-order valence-corrected chi connectivity index (χ1v) is 8.39. The Labute approximate surface area is 155 Å². The first-order chi connectivity index (χ1) is 9.86. The Morgan fingerprint density at radius 2 is 2.09 bits per heavy atom. The summed E-state index contributed by atoms with van der Waals surface area (Å²) in [4.78, 5) is 7.32. The number of hydrogen-bond acceptors (Lipinski definition) is 3. The summed E-state index contributed by atoms with van der Waals surface area (Å²) in [6.07, 6.45) is 0.992. The van der Waals surface area contributed by atoms with Crippen LogP contribution in [0.5, 0.6) is 0 Å². The van der Waals surface area contributed by atoms with E-state index in [1.165, 1.54) is 9.75 Å². The third-order valence-electron chi connectivity index (χ3n) is 3.12. The highest BCUT2D eigenvalue weighted by atomic mass is 127. The molecule has 0 aliphatic rings. The molecule has 0 aliphatic heterocycles. The first kappa shape index (κ1) is 21.7. The van der Waals surface area contributed by atoms with Gasteiger partial charge in [-0.2, -0.15) is 0 Å². The van der Waals surface area contributed by atoms with Gasteiger partial charge in [0.1, 0.15) is 0 Å². The van der Waals surface area contributed by atoms with Crippen LogP contribution in [0.3, 0.4) is 0 Å². The zero-order valence-electron chi connectivity index (χ0n) is 14.3. The molecule has 0 fully saturated rings. The molecule has 0 saturated carbocycles. The lowest BCUT2D eigenvalue weighted by molar-refractivity contribution is 0.167. The van der Waals surface area contributed by atoms with Gasteiger partial charge in [0, 0.05) is 40.8 Å². The minimum atomic E-state index is -0.184. The molecule has 0 bridgehead atoms. The molecule has 0 aromatic carbocycles. The maximum Gasteiger partial charge on any atom is 0.191 e. The molecule has 1 unspecified atom stereocenters. The highest BCUT2D eigenvalue weighted by molar-refractivity contribution is 14.0. The van der Waals surface area contributed by atoms with Crippen LogP contribution in [0.4, 0.5) is 0 Å². The number of aliphatic imine (C=N–C) groups is 1. The molecule has 0 spiro atoms. The highest BCUT2D eigenvalue weighted by Gasteiger charge is 2.16. The van der Waals surface area contributed by atoms with Crippen molar-refractivity contribution >= 4 is 41.3 Å². The van der Waals surface area contributed by atoms with Crippen molar-refractivity contribution in [2.75, 3.05) is 19.7 Å². The first-order valence-electron chi connectivity index (χ1n) is 7.57. The molecule has 22 heavy (non-hydrogen) atoms. The Hall–Kier alpha value is -0.340. The van der Waals surface area contributed by atoms with E-state index in [0.29, 0.717) is 12.6 Å². The fourth-order valence-corrected chi connectivity index (χ4v) is 2.86. The predicted octanol–water partition coefficient (Wildman–Crippen LogP) is 3.18. The predicted molar refractivity (Wildman–Crippen MR) is 108 cm³/mol. The Morgan fingerprint density at radius 3 is 2.59 bits per heavy atom.